The van der Waals surface area contributed by atoms with Crippen molar-refractivity contribution < 1.29 is 14.3 Å². The average molecular weight is 342 g/mol. The first-order valence-electron chi connectivity index (χ1n) is 8.39. The number of anilines is 1. The second kappa shape index (κ2) is 7.48. The Kier molecular flexibility index (Phi) is 5.14. The van der Waals surface area contributed by atoms with Crippen LogP contribution in [0.25, 0.3) is 0 Å². The highest BCUT2D eigenvalue weighted by Crippen LogP contribution is 2.16. The van der Waals surface area contributed by atoms with E-state index in [9.17, 15) is 9.59 Å². The van der Waals surface area contributed by atoms with Gasteiger partial charge in [0.25, 0.3) is 11.8 Å². The fourth-order valence-electron chi connectivity index (χ4n) is 2.81. The van der Waals surface area contributed by atoms with Gasteiger partial charge in [0.05, 0.1) is 24.6 Å². The van der Waals surface area contributed by atoms with Crippen LogP contribution in [-0.4, -0.2) is 52.8 Å². The van der Waals surface area contributed by atoms with E-state index in [0.717, 1.165) is 12.1 Å². The molecule has 2 heterocycles. The van der Waals surface area contributed by atoms with Crippen LogP contribution in [0.1, 0.15) is 33.3 Å². The summed E-state index contributed by atoms with van der Waals surface area (Å²) < 4.78 is 6.94. The molecule has 1 N–H and O–H groups in total. The van der Waals surface area contributed by atoms with E-state index in [1.807, 2.05) is 14.0 Å². The number of carbonyl (C=O) groups excluding carboxylic acids is 2. The van der Waals surface area contributed by atoms with Crippen LogP contribution >= 0.6 is 0 Å². The Bertz CT molecular complexity index is 761. The van der Waals surface area contributed by atoms with Crippen LogP contribution in [-0.2, 0) is 18.2 Å². The van der Waals surface area contributed by atoms with Gasteiger partial charge in [0, 0.05) is 37.5 Å². The third-order valence-electron chi connectivity index (χ3n) is 4.18. The van der Waals surface area contributed by atoms with Crippen molar-refractivity contribution in [3.63, 3.8) is 0 Å². The lowest BCUT2D eigenvalue weighted by Crippen LogP contribution is -2.40. The van der Waals surface area contributed by atoms with Crippen molar-refractivity contribution in [2.45, 2.75) is 13.3 Å². The zero-order chi connectivity index (χ0) is 17.8. The first-order chi connectivity index (χ1) is 12.1. The van der Waals surface area contributed by atoms with Gasteiger partial charge in [-0.25, -0.2) is 0 Å². The molecule has 3 rings (SSSR count). The predicted octanol–water partition coefficient (Wildman–Crippen LogP) is 1.71. The van der Waals surface area contributed by atoms with Crippen LogP contribution in [0.3, 0.4) is 0 Å². The van der Waals surface area contributed by atoms with E-state index in [0.29, 0.717) is 43.1 Å². The minimum absolute atomic E-state index is 0.0317. The molecule has 1 fully saturated rings. The molecule has 1 aliphatic rings. The van der Waals surface area contributed by atoms with Crippen LogP contribution in [0.4, 0.5) is 5.69 Å². The quantitative estimate of drug-likeness (QED) is 0.918. The average Bonchev–Trinajstić information content (AvgIpc) is 3.01. The summed E-state index contributed by atoms with van der Waals surface area (Å²) >= 11 is 0. The van der Waals surface area contributed by atoms with Crippen LogP contribution in [0.2, 0.25) is 0 Å². The molecule has 25 heavy (non-hydrogen) atoms. The Balaban J connectivity index is 1.68. The fourth-order valence-corrected chi connectivity index (χ4v) is 2.81. The van der Waals surface area contributed by atoms with Gasteiger partial charge in [-0.1, -0.05) is 6.92 Å². The van der Waals surface area contributed by atoms with Crippen LogP contribution in [0, 0.1) is 0 Å². The number of hydrogen-bond acceptors (Lipinski definition) is 4. The third kappa shape index (κ3) is 3.88. The number of aromatic nitrogens is 2. The number of amides is 2. The molecule has 0 aliphatic carbocycles. The van der Waals surface area contributed by atoms with Crippen molar-refractivity contribution in [3.8, 4) is 0 Å². The minimum Gasteiger partial charge on any atom is -0.378 e. The second-order valence-electron chi connectivity index (χ2n) is 5.95. The molecular formula is C18H22N4O3. The summed E-state index contributed by atoms with van der Waals surface area (Å²) in [7, 11) is 1.82. The monoisotopic (exact) mass is 342 g/mol. The van der Waals surface area contributed by atoms with Gasteiger partial charge in [0.15, 0.2) is 0 Å². The maximum Gasteiger partial charge on any atom is 0.255 e. The van der Waals surface area contributed by atoms with E-state index in [4.69, 9.17) is 4.74 Å². The Labute approximate surface area is 146 Å². The minimum atomic E-state index is -0.215. The number of benzene rings is 1. The van der Waals surface area contributed by atoms with Gasteiger partial charge in [0.1, 0.15) is 0 Å². The van der Waals surface area contributed by atoms with Crippen molar-refractivity contribution in [2.75, 3.05) is 31.6 Å². The molecule has 2 amide bonds. The van der Waals surface area contributed by atoms with E-state index >= 15 is 0 Å². The van der Waals surface area contributed by atoms with Gasteiger partial charge in [-0.2, -0.15) is 5.10 Å². The summed E-state index contributed by atoms with van der Waals surface area (Å²) in [5, 5.41) is 7.18. The van der Waals surface area contributed by atoms with Crippen molar-refractivity contribution >= 4 is 17.5 Å². The molecule has 7 heteroatoms. The van der Waals surface area contributed by atoms with E-state index in [1.54, 1.807) is 40.0 Å². The molecule has 1 aromatic heterocycles. The highest BCUT2D eigenvalue weighted by molar-refractivity contribution is 6.05. The number of carbonyl (C=O) groups is 2. The smallest absolute Gasteiger partial charge is 0.255 e. The lowest BCUT2D eigenvalue weighted by molar-refractivity contribution is 0.0303. The molecule has 7 nitrogen and oxygen atoms in total. The summed E-state index contributed by atoms with van der Waals surface area (Å²) in [5.74, 6) is -0.246. The summed E-state index contributed by atoms with van der Waals surface area (Å²) in [4.78, 5) is 26.6. The molecule has 0 atom stereocenters. The molecule has 132 valence electrons. The summed E-state index contributed by atoms with van der Waals surface area (Å²) in [6, 6.07) is 6.73. The maximum absolute atomic E-state index is 12.4. The number of nitrogens with one attached hydrogen (secondary N) is 1. The van der Waals surface area contributed by atoms with Crippen LogP contribution in [0.5, 0.6) is 0 Å². The van der Waals surface area contributed by atoms with E-state index in [-0.39, 0.29) is 11.8 Å². The Morgan fingerprint density at radius 2 is 1.80 bits per heavy atom. The van der Waals surface area contributed by atoms with Crippen molar-refractivity contribution in [3.05, 3.63) is 47.3 Å². The van der Waals surface area contributed by atoms with Crippen LogP contribution < -0.4 is 5.32 Å². The van der Waals surface area contributed by atoms with Gasteiger partial charge in [-0.05, 0) is 30.7 Å². The number of aryl methyl sites for hydroxylation is 2. The molecule has 0 unspecified atom stereocenters. The van der Waals surface area contributed by atoms with Crippen molar-refractivity contribution in [1.82, 2.24) is 14.7 Å². The predicted molar refractivity (Wildman–Crippen MR) is 93.7 cm³/mol. The highest BCUT2D eigenvalue weighted by atomic mass is 16.5. The summed E-state index contributed by atoms with van der Waals surface area (Å²) in [5.41, 5.74) is 2.64. The molecule has 1 aromatic carbocycles. The Hall–Kier alpha value is -2.67. The van der Waals surface area contributed by atoms with Gasteiger partial charge in [-0.3, -0.25) is 14.3 Å². The molecule has 0 saturated carbocycles. The van der Waals surface area contributed by atoms with Gasteiger partial charge < -0.3 is 15.0 Å². The van der Waals surface area contributed by atoms with Crippen molar-refractivity contribution in [2.24, 2.45) is 7.05 Å². The number of nitrogens with zero attached hydrogens (tertiary/aromatic N) is 3. The SMILES string of the molecule is CCc1nn(C)cc1NC(=O)c1ccc(C(=O)N2CCOCC2)cc1. The molecule has 0 bridgehead atoms. The second-order valence-corrected chi connectivity index (χ2v) is 5.95. The van der Waals surface area contributed by atoms with E-state index in [2.05, 4.69) is 10.4 Å². The zero-order valence-electron chi connectivity index (χ0n) is 14.5. The number of rotatable bonds is 4. The van der Waals surface area contributed by atoms with Gasteiger partial charge in [0.2, 0.25) is 0 Å². The summed E-state index contributed by atoms with van der Waals surface area (Å²) in [6.45, 7) is 4.32. The molecular weight excluding hydrogens is 320 g/mol. The molecule has 0 spiro atoms. The molecule has 2 aromatic rings. The lowest BCUT2D eigenvalue weighted by atomic mass is 10.1. The maximum atomic E-state index is 12.4. The van der Waals surface area contributed by atoms with Crippen LogP contribution in [0.15, 0.2) is 30.5 Å². The standard InChI is InChI=1S/C18H22N4O3/c1-3-15-16(12-21(2)20-15)19-17(23)13-4-6-14(7-5-13)18(24)22-8-10-25-11-9-22/h4-7,12H,3,8-11H2,1-2H3,(H,19,23). The topological polar surface area (TPSA) is 76.5 Å². The Morgan fingerprint density at radius 1 is 1.16 bits per heavy atom. The third-order valence-corrected chi connectivity index (χ3v) is 4.18. The van der Waals surface area contributed by atoms with Crippen molar-refractivity contribution in [1.29, 1.82) is 0 Å². The molecule has 1 saturated heterocycles. The summed E-state index contributed by atoms with van der Waals surface area (Å²) in [6.07, 6.45) is 2.52. The number of morpholine rings is 1. The number of ether oxygens (including phenoxy) is 1. The van der Waals surface area contributed by atoms with Gasteiger partial charge >= 0.3 is 0 Å². The highest BCUT2D eigenvalue weighted by Gasteiger charge is 2.19. The largest absolute Gasteiger partial charge is 0.378 e. The first kappa shape index (κ1) is 17.2. The van der Waals surface area contributed by atoms with E-state index in [1.165, 1.54) is 0 Å². The first-order valence-corrected chi connectivity index (χ1v) is 8.39. The normalized spacial score (nSPS) is 14.4. The number of hydrogen-bond donors (Lipinski definition) is 1. The van der Waals surface area contributed by atoms with E-state index < -0.39 is 0 Å². The molecule has 0 radical (unpaired) electrons. The molecule has 1 aliphatic heterocycles. The zero-order valence-corrected chi connectivity index (χ0v) is 14.5. The fraction of sp³-hybridized carbons (Fsp3) is 0.389. The lowest BCUT2D eigenvalue weighted by Gasteiger charge is -2.26. The van der Waals surface area contributed by atoms with Gasteiger partial charge in [-0.15, -0.1) is 0 Å². The Morgan fingerprint density at radius 3 is 2.44 bits per heavy atom.